The van der Waals surface area contributed by atoms with Gasteiger partial charge in [0.1, 0.15) is 11.5 Å². The van der Waals surface area contributed by atoms with Crippen LogP contribution in [0, 0.1) is 0 Å². The number of phenolic OH excluding ortho intramolecular Hbond substituents is 2. The molecule has 2 aromatic rings. The smallest absolute Gasteiger partial charge is 0.198 e. The van der Waals surface area contributed by atoms with Crippen LogP contribution in [0.1, 0.15) is 37.4 Å². The van der Waals surface area contributed by atoms with Crippen LogP contribution in [0.4, 0.5) is 0 Å². The van der Waals surface area contributed by atoms with E-state index in [1.807, 2.05) is 0 Å². The molecular formula is C16H12O5. The van der Waals surface area contributed by atoms with Crippen LogP contribution in [0.3, 0.4) is 0 Å². The molecule has 0 aromatic heterocycles. The van der Waals surface area contributed by atoms with Crippen molar-refractivity contribution < 1.29 is 24.5 Å². The fourth-order valence-electron chi connectivity index (χ4n) is 2.55. The molecule has 0 heterocycles. The SMILES string of the molecule is COCc1c(O)cc2c(c1O)C(=O)c1ccccc1C2=O. The molecule has 3 rings (SSSR count). The third kappa shape index (κ3) is 1.82. The van der Waals surface area contributed by atoms with E-state index < -0.39 is 17.3 Å². The molecule has 0 bridgehead atoms. The number of methoxy groups -OCH3 is 1. The van der Waals surface area contributed by atoms with Crippen LogP contribution in [0.25, 0.3) is 0 Å². The second kappa shape index (κ2) is 4.71. The monoisotopic (exact) mass is 284 g/mol. The average Bonchev–Trinajstić information content (AvgIpc) is 2.48. The quantitative estimate of drug-likeness (QED) is 0.752. The molecule has 21 heavy (non-hydrogen) atoms. The minimum absolute atomic E-state index is 0.00792. The van der Waals surface area contributed by atoms with E-state index in [1.54, 1.807) is 24.3 Å². The van der Waals surface area contributed by atoms with Crippen LogP contribution >= 0.6 is 0 Å². The van der Waals surface area contributed by atoms with Gasteiger partial charge in [-0.3, -0.25) is 9.59 Å². The van der Waals surface area contributed by atoms with Gasteiger partial charge in [-0.15, -0.1) is 0 Å². The lowest BCUT2D eigenvalue weighted by atomic mass is 9.82. The van der Waals surface area contributed by atoms with Gasteiger partial charge in [-0.1, -0.05) is 24.3 Å². The highest BCUT2D eigenvalue weighted by Crippen LogP contribution is 2.39. The minimum Gasteiger partial charge on any atom is -0.507 e. The largest absolute Gasteiger partial charge is 0.507 e. The third-order valence-corrected chi connectivity index (χ3v) is 3.56. The summed E-state index contributed by atoms with van der Waals surface area (Å²) < 4.78 is 4.90. The van der Waals surface area contributed by atoms with Gasteiger partial charge in [0.2, 0.25) is 0 Å². The number of ketones is 2. The zero-order valence-electron chi connectivity index (χ0n) is 11.2. The first-order valence-corrected chi connectivity index (χ1v) is 6.31. The fraction of sp³-hybridized carbons (Fsp3) is 0.125. The minimum atomic E-state index is -0.435. The lowest BCUT2D eigenvalue weighted by Gasteiger charge is -2.20. The lowest BCUT2D eigenvalue weighted by molar-refractivity contribution is 0.0975. The maximum atomic E-state index is 12.5. The van der Waals surface area contributed by atoms with Crippen molar-refractivity contribution in [2.75, 3.05) is 7.11 Å². The fourth-order valence-corrected chi connectivity index (χ4v) is 2.55. The van der Waals surface area contributed by atoms with E-state index >= 15 is 0 Å². The summed E-state index contributed by atoms with van der Waals surface area (Å²) in [6.45, 7) is -0.0614. The van der Waals surface area contributed by atoms with Gasteiger partial charge >= 0.3 is 0 Å². The Labute approximate surface area is 120 Å². The highest BCUT2D eigenvalue weighted by atomic mass is 16.5. The summed E-state index contributed by atoms with van der Waals surface area (Å²) in [5.41, 5.74) is 0.543. The van der Waals surface area contributed by atoms with Crippen LogP contribution in [-0.4, -0.2) is 28.9 Å². The number of benzene rings is 2. The highest BCUT2D eigenvalue weighted by molar-refractivity contribution is 6.29. The molecule has 5 heteroatoms. The van der Waals surface area contributed by atoms with Crippen LogP contribution in [0.15, 0.2) is 30.3 Å². The molecule has 0 saturated heterocycles. The Kier molecular flexibility index (Phi) is 2.99. The number of ether oxygens (including phenoxy) is 1. The number of carbonyl (C=O) groups excluding carboxylic acids is 2. The Morgan fingerprint density at radius 2 is 1.62 bits per heavy atom. The van der Waals surface area contributed by atoms with Gasteiger partial charge in [0.05, 0.1) is 17.7 Å². The molecule has 0 fully saturated rings. The number of carbonyl (C=O) groups is 2. The topological polar surface area (TPSA) is 83.8 Å². The molecule has 0 aliphatic heterocycles. The van der Waals surface area contributed by atoms with Gasteiger partial charge in [0.15, 0.2) is 11.6 Å². The van der Waals surface area contributed by atoms with Crippen molar-refractivity contribution in [1.82, 2.24) is 0 Å². The number of hydrogen-bond acceptors (Lipinski definition) is 5. The van der Waals surface area contributed by atoms with Crippen molar-refractivity contribution in [2.45, 2.75) is 6.61 Å². The first-order chi connectivity index (χ1) is 10.1. The predicted molar refractivity (Wildman–Crippen MR) is 73.8 cm³/mol. The molecule has 0 atom stereocenters. The van der Waals surface area contributed by atoms with Crippen LogP contribution in [0.5, 0.6) is 11.5 Å². The molecule has 1 aliphatic carbocycles. The third-order valence-electron chi connectivity index (χ3n) is 3.56. The standard InChI is InChI=1S/C16H12O5/c1-21-7-11-12(17)6-10-13(16(11)20)15(19)9-5-3-2-4-8(9)14(10)18/h2-6,17,20H,7H2,1H3. The van der Waals surface area contributed by atoms with Crippen molar-refractivity contribution >= 4 is 11.6 Å². The molecule has 0 unspecified atom stereocenters. The summed E-state index contributed by atoms with van der Waals surface area (Å²) in [5.74, 6) is -1.50. The van der Waals surface area contributed by atoms with Crippen LogP contribution in [0.2, 0.25) is 0 Å². The number of hydrogen-bond donors (Lipinski definition) is 2. The van der Waals surface area contributed by atoms with E-state index in [9.17, 15) is 19.8 Å². The summed E-state index contributed by atoms with van der Waals surface area (Å²) in [5, 5.41) is 20.2. The second-order valence-corrected chi connectivity index (χ2v) is 4.78. The van der Waals surface area contributed by atoms with E-state index in [2.05, 4.69) is 0 Å². The van der Waals surface area contributed by atoms with Crippen molar-refractivity contribution in [3.8, 4) is 11.5 Å². The molecule has 5 nitrogen and oxygen atoms in total. The average molecular weight is 284 g/mol. The summed E-state index contributed by atoms with van der Waals surface area (Å²) in [4.78, 5) is 24.9. The van der Waals surface area contributed by atoms with Crippen LogP contribution < -0.4 is 0 Å². The molecular weight excluding hydrogens is 272 g/mol. The Balaban J connectivity index is 2.31. The maximum absolute atomic E-state index is 12.5. The van der Waals surface area contributed by atoms with Crippen molar-refractivity contribution in [1.29, 1.82) is 0 Å². The van der Waals surface area contributed by atoms with Gasteiger partial charge in [-0.2, -0.15) is 0 Å². The van der Waals surface area contributed by atoms with E-state index in [-0.39, 0.29) is 40.2 Å². The van der Waals surface area contributed by atoms with E-state index in [0.717, 1.165) is 0 Å². The lowest BCUT2D eigenvalue weighted by Crippen LogP contribution is -2.21. The first kappa shape index (κ1) is 13.3. The summed E-state index contributed by atoms with van der Waals surface area (Å²) in [7, 11) is 1.40. The molecule has 2 N–H and O–H groups in total. The van der Waals surface area contributed by atoms with E-state index in [4.69, 9.17) is 4.74 Å². The molecule has 2 aromatic carbocycles. The van der Waals surface area contributed by atoms with Gasteiger partial charge in [-0.05, 0) is 6.07 Å². The maximum Gasteiger partial charge on any atom is 0.198 e. The van der Waals surface area contributed by atoms with Gasteiger partial charge < -0.3 is 14.9 Å². The Bertz CT molecular complexity index is 776. The molecule has 0 radical (unpaired) electrons. The predicted octanol–water partition coefficient (Wildman–Crippen LogP) is 2.02. The van der Waals surface area contributed by atoms with Crippen molar-refractivity contribution in [2.24, 2.45) is 0 Å². The summed E-state index contributed by atoms with van der Waals surface area (Å²) in [6, 6.07) is 7.62. The molecule has 1 aliphatic rings. The van der Waals surface area contributed by atoms with E-state index in [1.165, 1.54) is 13.2 Å². The van der Waals surface area contributed by atoms with Crippen LogP contribution in [-0.2, 0) is 11.3 Å². The molecule has 0 amide bonds. The Morgan fingerprint density at radius 3 is 2.24 bits per heavy atom. The summed E-state index contributed by atoms with van der Waals surface area (Å²) >= 11 is 0. The van der Waals surface area contributed by atoms with Crippen molar-refractivity contribution in [3.05, 3.63) is 58.1 Å². The zero-order chi connectivity index (χ0) is 15.1. The number of aromatic hydroxyl groups is 2. The second-order valence-electron chi connectivity index (χ2n) is 4.78. The summed E-state index contributed by atoms with van der Waals surface area (Å²) in [6.07, 6.45) is 0. The van der Waals surface area contributed by atoms with Gasteiger partial charge in [0, 0.05) is 23.8 Å². The molecule has 0 saturated carbocycles. The van der Waals surface area contributed by atoms with Crippen molar-refractivity contribution in [3.63, 3.8) is 0 Å². The van der Waals surface area contributed by atoms with Gasteiger partial charge in [-0.25, -0.2) is 0 Å². The first-order valence-electron chi connectivity index (χ1n) is 6.31. The highest BCUT2D eigenvalue weighted by Gasteiger charge is 2.34. The normalized spacial score (nSPS) is 13.0. The number of rotatable bonds is 2. The molecule has 106 valence electrons. The number of phenols is 2. The van der Waals surface area contributed by atoms with Gasteiger partial charge in [0.25, 0.3) is 0 Å². The number of fused-ring (bicyclic) bond motifs is 2. The Hall–Kier alpha value is -2.66. The Morgan fingerprint density at radius 1 is 1.00 bits per heavy atom. The van der Waals surface area contributed by atoms with E-state index in [0.29, 0.717) is 0 Å². The zero-order valence-corrected chi connectivity index (χ0v) is 11.2. The molecule has 0 spiro atoms.